The molecule has 0 saturated carbocycles. The van der Waals surface area contributed by atoms with Gasteiger partial charge in [-0.3, -0.25) is 0 Å². The Morgan fingerprint density at radius 2 is 2.03 bits per heavy atom. The lowest BCUT2D eigenvalue weighted by Gasteiger charge is -2.26. The zero-order valence-electron chi connectivity index (χ0n) is 20.9. The van der Waals surface area contributed by atoms with Crippen LogP contribution in [0.5, 0.6) is 0 Å². The molecule has 0 fully saturated rings. The second-order valence-electron chi connectivity index (χ2n) is 8.80. The molecule has 180 valence electrons. The summed E-state index contributed by atoms with van der Waals surface area (Å²) in [6.07, 6.45) is 5.80. The third-order valence-electron chi connectivity index (χ3n) is 6.15. The number of hydrogen-bond donors (Lipinski definition) is 6. The fourth-order valence-electron chi connectivity index (χ4n) is 4.19. The van der Waals surface area contributed by atoms with E-state index in [0.29, 0.717) is 12.6 Å². The molecule has 0 saturated heterocycles. The van der Waals surface area contributed by atoms with E-state index >= 15 is 0 Å². The standard InChI is InChI=1S/C25H45N7/c1-7-9-19-13-22(20-14-29-32(6)16-20)17(3)12-24(19)31-25(27)18(4)23(10-11-26)30-21(8-2)15-28-5/h12-13,16,21,25,28-31H,7-11,14-15,26-27H2,1-6H3/b23-18-. The zero-order chi connectivity index (χ0) is 23.7. The molecule has 0 bridgehead atoms. The number of nitrogens with two attached hydrogens (primary N) is 2. The summed E-state index contributed by atoms with van der Waals surface area (Å²) < 4.78 is 0. The molecule has 1 aromatic carbocycles. The van der Waals surface area contributed by atoms with E-state index in [4.69, 9.17) is 11.5 Å². The Bertz CT molecular complexity index is 800. The van der Waals surface area contributed by atoms with Gasteiger partial charge in [0.1, 0.15) is 0 Å². The number of hydrogen-bond acceptors (Lipinski definition) is 7. The largest absolute Gasteiger partial charge is 0.384 e. The smallest absolute Gasteiger partial charge is 0.0982 e. The Hall–Kier alpha value is -2.06. The molecule has 1 aliphatic rings. The van der Waals surface area contributed by atoms with Gasteiger partial charge in [0.15, 0.2) is 0 Å². The maximum Gasteiger partial charge on any atom is 0.0982 e. The van der Waals surface area contributed by atoms with Gasteiger partial charge in [-0.15, -0.1) is 0 Å². The van der Waals surface area contributed by atoms with Crippen LogP contribution in [0.1, 0.15) is 56.7 Å². The van der Waals surface area contributed by atoms with Gasteiger partial charge in [-0.1, -0.05) is 20.3 Å². The average molecular weight is 444 g/mol. The number of nitrogens with zero attached hydrogens (tertiary/aromatic N) is 1. The summed E-state index contributed by atoms with van der Waals surface area (Å²) >= 11 is 0. The van der Waals surface area contributed by atoms with Crippen LogP contribution in [0.2, 0.25) is 0 Å². The maximum absolute atomic E-state index is 6.67. The van der Waals surface area contributed by atoms with Crippen molar-refractivity contribution in [3.8, 4) is 0 Å². The van der Waals surface area contributed by atoms with Crippen LogP contribution in [0.25, 0.3) is 5.57 Å². The van der Waals surface area contributed by atoms with E-state index in [1.807, 2.05) is 19.1 Å². The van der Waals surface area contributed by atoms with E-state index in [9.17, 15) is 0 Å². The first kappa shape index (κ1) is 26.2. The summed E-state index contributed by atoms with van der Waals surface area (Å²) in [4.78, 5) is 0. The highest BCUT2D eigenvalue weighted by molar-refractivity contribution is 5.74. The molecule has 0 spiro atoms. The van der Waals surface area contributed by atoms with Crippen LogP contribution < -0.4 is 32.8 Å². The highest BCUT2D eigenvalue weighted by Crippen LogP contribution is 2.29. The molecule has 0 radical (unpaired) electrons. The molecule has 2 atom stereocenters. The van der Waals surface area contributed by atoms with Gasteiger partial charge in [0.05, 0.1) is 6.17 Å². The molecule has 32 heavy (non-hydrogen) atoms. The van der Waals surface area contributed by atoms with Crippen molar-refractivity contribution in [1.29, 1.82) is 0 Å². The van der Waals surface area contributed by atoms with Gasteiger partial charge in [-0.2, -0.15) is 0 Å². The van der Waals surface area contributed by atoms with Crippen LogP contribution in [-0.2, 0) is 6.42 Å². The lowest BCUT2D eigenvalue weighted by Crippen LogP contribution is -2.40. The third kappa shape index (κ3) is 6.97. The number of benzene rings is 1. The van der Waals surface area contributed by atoms with Crippen molar-refractivity contribution in [1.82, 2.24) is 21.1 Å². The summed E-state index contributed by atoms with van der Waals surface area (Å²) in [7, 11) is 4.01. The summed E-state index contributed by atoms with van der Waals surface area (Å²) in [6.45, 7) is 11.0. The minimum absolute atomic E-state index is 0.282. The Morgan fingerprint density at radius 3 is 2.59 bits per heavy atom. The van der Waals surface area contributed by atoms with Gasteiger partial charge in [0.2, 0.25) is 0 Å². The van der Waals surface area contributed by atoms with E-state index in [1.165, 1.54) is 22.3 Å². The SMILES string of the molecule is CCCc1cc(C2=CN(C)NC2)c(C)cc1NC(N)/C(C)=C(/CCN)NC(CC)CNC. The van der Waals surface area contributed by atoms with Crippen molar-refractivity contribution in [2.45, 2.75) is 65.6 Å². The Balaban J connectivity index is 2.31. The number of likely N-dealkylation sites (N-methyl/N-ethyl adjacent to an activating group) is 1. The molecular weight excluding hydrogens is 398 g/mol. The van der Waals surface area contributed by atoms with Crippen LogP contribution in [0.4, 0.5) is 5.69 Å². The van der Waals surface area contributed by atoms with E-state index in [1.54, 1.807) is 0 Å². The van der Waals surface area contributed by atoms with Gasteiger partial charge in [-0.25, -0.2) is 5.43 Å². The molecule has 2 unspecified atom stereocenters. The van der Waals surface area contributed by atoms with Crippen molar-refractivity contribution in [2.24, 2.45) is 11.5 Å². The van der Waals surface area contributed by atoms with Crippen molar-refractivity contribution in [2.75, 3.05) is 39.0 Å². The monoisotopic (exact) mass is 443 g/mol. The van der Waals surface area contributed by atoms with Crippen LogP contribution in [0.15, 0.2) is 29.6 Å². The minimum atomic E-state index is -0.282. The summed E-state index contributed by atoms with van der Waals surface area (Å²) in [5.41, 5.74) is 24.5. The third-order valence-corrected chi connectivity index (χ3v) is 6.15. The van der Waals surface area contributed by atoms with Crippen molar-refractivity contribution >= 4 is 11.3 Å². The van der Waals surface area contributed by atoms with Crippen molar-refractivity contribution < 1.29 is 0 Å². The Labute approximate surface area is 195 Å². The van der Waals surface area contributed by atoms with Gasteiger partial charge < -0.3 is 32.4 Å². The number of hydrazine groups is 1. The predicted octanol–water partition coefficient (Wildman–Crippen LogP) is 2.65. The topological polar surface area (TPSA) is 103 Å². The summed E-state index contributed by atoms with van der Waals surface area (Å²) in [5.74, 6) is 0. The number of nitrogens with one attached hydrogen (secondary N) is 4. The number of aryl methyl sites for hydroxylation is 2. The molecule has 7 nitrogen and oxygen atoms in total. The number of anilines is 1. The molecule has 0 amide bonds. The molecule has 8 N–H and O–H groups in total. The van der Waals surface area contributed by atoms with Crippen molar-refractivity contribution in [3.63, 3.8) is 0 Å². The zero-order valence-corrected chi connectivity index (χ0v) is 20.9. The van der Waals surface area contributed by atoms with E-state index < -0.39 is 0 Å². The van der Waals surface area contributed by atoms with Gasteiger partial charge in [0, 0.05) is 43.8 Å². The molecular formula is C25H45N7. The van der Waals surface area contributed by atoms with E-state index in [-0.39, 0.29) is 6.17 Å². The van der Waals surface area contributed by atoms with Crippen LogP contribution in [0, 0.1) is 6.92 Å². The van der Waals surface area contributed by atoms with Crippen LogP contribution >= 0.6 is 0 Å². The number of rotatable bonds is 13. The highest BCUT2D eigenvalue weighted by Gasteiger charge is 2.18. The molecule has 2 rings (SSSR count). The fourth-order valence-corrected chi connectivity index (χ4v) is 4.19. The Kier molecular flexibility index (Phi) is 10.5. The fraction of sp³-hybridized carbons (Fsp3) is 0.600. The normalized spacial score (nSPS) is 16.5. The molecule has 1 aliphatic heterocycles. The van der Waals surface area contributed by atoms with Gasteiger partial charge in [0.25, 0.3) is 0 Å². The van der Waals surface area contributed by atoms with Crippen LogP contribution in [0.3, 0.4) is 0 Å². The first-order valence-electron chi connectivity index (χ1n) is 12.0. The quantitative estimate of drug-likeness (QED) is 0.261. The van der Waals surface area contributed by atoms with E-state index in [2.05, 4.69) is 67.4 Å². The lowest BCUT2D eigenvalue weighted by atomic mass is 9.95. The maximum atomic E-state index is 6.67. The lowest BCUT2D eigenvalue weighted by molar-refractivity contribution is 0.374. The molecule has 1 aromatic rings. The minimum Gasteiger partial charge on any atom is -0.384 e. The van der Waals surface area contributed by atoms with Crippen LogP contribution in [-0.4, -0.2) is 50.9 Å². The molecule has 0 aliphatic carbocycles. The average Bonchev–Trinajstić information content (AvgIpc) is 3.20. The van der Waals surface area contributed by atoms with E-state index in [0.717, 1.165) is 55.7 Å². The predicted molar refractivity (Wildman–Crippen MR) is 138 cm³/mol. The molecule has 0 aromatic heterocycles. The second kappa shape index (κ2) is 12.8. The Morgan fingerprint density at radius 1 is 1.28 bits per heavy atom. The summed E-state index contributed by atoms with van der Waals surface area (Å²) in [5, 5.41) is 12.6. The first-order chi connectivity index (χ1) is 15.3. The molecule has 1 heterocycles. The first-order valence-corrected chi connectivity index (χ1v) is 12.0. The second-order valence-corrected chi connectivity index (χ2v) is 8.80. The highest BCUT2D eigenvalue weighted by atomic mass is 15.5. The van der Waals surface area contributed by atoms with Gasteiger partial charge >= 0.3 is 0 Å². The van der Waals surface area contributed by atoms with Crippen molar-refractivity contribution in [3.05, 3.63) is 46.3 Å². The van der Waals surface area contributed by atoms with Gasteiger partial charge in [-0.05, 0) is 86.7 Å². The summed E-state index contributed by atoms with van der Waals surface area (Å²) in [6, 6.07) is 4.93. The molecule has 7 heteroatoms.